The van der Waals surface area contributed by atoms with Gasteiger partial charge in [-0.3, -0.25) is 4.79 Å². The highest BCUT2D eigenvalue weighted by molar-refractivity contribution is 5.54. The van der Waals surface area contributed by atoms with Crippen LogP contribution in [0.15, 0.2) is 60.7 Å². The van der Waals surface area contributed by atoms with Crippen LogP contribution in [0.25, 0.3) is 0 Å². The van der Waals surface area contributed by atoms with Crippen LogP contribution in [-0.2, 0) is 4.79 Å². The molecule has 2 aromatic carbocycles. The number of ether oxygens (including phenoxy) is 2. The van der Waals surface area contributed by atoms with Gasteiger partial charge in [0.15, 0.2) is 0 Å². The molecule has 3 nitrogen and oxygen atoms in total. The van der Waals surface area contributed by atoms with E-state index in [4.69, 9.17) is 9.47 Å². The Bertz CT molecular complexity index is 465. The Morgan fingerprint density at radius 2 is 1.19 bits per heavy atom. The first-order valence-corrected chi connectivity index (χ1v) is 7.12. The van der Waals surface area contributed by atoms with Crippen molar-refractivity contribution >= 4 is 6.29 Å². The van der Waals surface area contributed by atoms with E-state index >= 15 is 0 Å². The van der Waals surface area contributed by atoms with Crippen molar-refractivity contribution in [1.29, 1.82) is 0 Å². The van der Waals surface area contributed by atoms with Gasteiger partial charge in [0.25, 0.3) is 0 Å². The Hall–Kier alpha value is -2.29. The van der Waals surface area contributed by atoms with Crippen LogP contribution in [-0.4, -0.2) is 19.5 Å². The minimum Gasteiger partial charge on any atom is -0.494 e. The number of benzene rings is 2. The van der Waals surface area contributed by atoms with Crippen LogP contribution >= 0.6 is 0 Å². The van der Waals surface area contributed by atoms with Gasteiger partial charge in [-0.2, -0.15) is 0 Å². The summed E-state index contributed by atoms with van der Waals surface area (Å²) in [5.74, 6) is 1.49. The Balaban J connectivity index is 1.65. The molecule has 0 atom stereocenters. The molecule has 0 heterocycles. The molecule has 0 saturated carbocycles. The summed E-state index contributed by atoms with van der Waals surface area (Å²) < 4.78 is 11.2. The normalized spacial score (nSPS) is 10.3. The summed E-state index contributed by atoms with van der Waals surface area (Å²) in [6, 6.07) is 19.2. The summed E-state index contributed by atoms with van der Waals surface area (Å²) in [5.41, 5.74) is 0. The van der Waals surface area contributed by atoms with E-state index in [0.717, 1.165) is 11.5 Å². The lowest BCUT2D eigenvalue weighted by Gasteiger charge is -2.11. The van der Waals surface area contributed by atoms with E-state index in [9.17, 15) is 4.79 Å². The van der Waals surface area contributed by atoms with Gasteiger partial charge in [-0.15, -0.1) is 0 Å². The lowest BCUT2D eigenvalue weighted by atomic mass is 10.0. The van der Waals surface area contributed by atoms with Gasteiger partial charge in [-0.05, 0) is 37.1 Å². The van der Waals surface area contributed by atoms with Gasteiger partial charge in [0, 0.05) is 5.92 Å². The maximum atomic E-state index is 11.0. The zero-order valence-corrected chi connectivity index (χ0v) is 11.9. The molecular formula is C18H19O3. The zero-order valence-electron chi connectivity index (χ0n) is 11.9. The fraction of sp³-hybridized carbons (Fsp3) is 0.278. The van der Waals surface area contributed by atoms with Crippen LogP contribution in [0.1, 0.15) is 12.8 Å². The Labute approximate surface area is 125 Å². The van der Waals surface area contributed by atoms with Gasteiger partial charge in [0.2, 0.25) is 6.29 Å². The van der Waals surface area contributed by atoms with Crippen molar-refractivity contribution in [3.8, 4) is 11.5 Å². The maximum absolute atomic E-state index is 11.0. The van der Waals surface area contributed by atoms with Crippen molar-refractivity contribution in [3.63, 3.8) is 0 Å². The van der Waals surface area contributed by atoms with Gasteiger partial charge in [0.1, 0.15) is 11.5 Å². The van der Waals surface area contributed by atoms with Gasteiger partial charge in [-0.1, -0.05) is 36.4 Å². The molecule has 1 radical (unpaired) electrons. The summed E-state index contributed by atoms with van der Waals surface area (Å²) in [5, 5.41) is 0. The highest BCUT2D eigenvalue weighted by Gasteiger charge is 2.09. The van der Waals surface area contributed by atoms with Crippen molar-refractivity contribution in [2.45, 2.75) is 12.8 Å². The third-order valence-electron chi connectivity index (χ3n) is 3.12. The third kappa shape index (κ3) is 5.69. The standard InChI is InChI=1S/C18H19O3/c19-15-16(11-13-20-17-7-3-1-4-8-17)12-14-21-18-9-5-2-6-10-18/h1-10,16H,11-14H2. The molecule has 3 heteroatoms. The average Bonchev–Trinajstić information content (AvgIpc) is 2.55. The zero-order chi connectivity index (χ0) is 14.8. The highest BCUT2D eigenvalue weighted by atomic mass is 16.5. The van der Waals surface area contributed by atoms with E-state index < -0.39 is 0 Å². The predicted octanol–water partition coefficient (Wildman–Crippen LogP) is 3.65. The number of rotatable bonds is 9. The van der Waals surface area contributed by atoms with Crippen LogP contribution in [0.3, 0.4) is 0 Å². The van der Waals surface area contributed by atoms with Crippen molar-refractivity contribution in [2.24, 2.45) is 5.92 Å². The molecule has 0 aliphatic rings. The lowest BCUT2D eigenvalue weighted by Crippen LogP contribution is -2.12. The maximum Gasteiger partial charge on any atom is 0.202 e. The first-order valence-electron chi connectivity index (χ1n) is 7.12. The second-order valence-electron chi connectivity index (χ2n) is 4.72. The Kier molecular flexibility index (Phi) is 6.33. The summed E-state index contributed by atoms with van der Waals surface area (Å²) >= 11 is 0. The first-order chi connectivity index (χ1) is 10.4. The van der Waals surface area contributed by atoms with Crippen molar-refractivity contribution in [2.75, 3.05) is 13.2 Å². The van der Waals surface area contributed by atoms with Crippen molar-refractivity contribution in [1.82, 2.24) is 0 Å². The minimum absolute atomic E-state index is 0.155. The number of hydrogen-bond donors (Lipinski definition) is 0. The van der Waals surface area contributed by atoms with E-state index in [1.807, 2.05) is 60.7 Å². The molecule has 0 bridgehead atoms. The molecule has 0 amide bonds. The lowest BCUT2D eigenvalue weighted by molar-refractivity contribution is 0.259. The van der Waals surface area contributed by atoms with E-state index in [2.05, 4.69) is 6.29 Å². The molecule has 109 valence electrons. The Morgan fingerprint density at radius 3 is 1.57 bits per heavy atom. The molecule has 0 saturated heterocycles. The smallest absolute Gasteiger partial charge is 0.202 e. The molecule has 2 aromatic rings. The molecule has 0 fully saturated rings. The summed E-state index contributed by atoms with van der Waals surface area (Å²) in [6.07, 6.45) is 3.36. The van der Waals surface area contributed by atoms with Crippen LogP contribution in [0.4, 0.5) is 0 Å². The SMILES string of the molecule is O=[C]C(CCOc1ccccc1)CCOc1ccccc1. The molecule has 0 aliphatic carbocycles. The van der Waals surface area contributed by atoms with Gasteiger partial charge >= 0.3 is 0 Å². The van der Waals surface area contributed by atoms with Gasteiger partial charge in [-0.25, -0.2) is 0 Å². The third-order valence-corrected chi connectivity index (χ3v) is 3.12. The largest absolute Gasteiger partial charge is 0.494 e. The molecule has 0 aliphatic heterocycles. The predicted molar refractivity (Wildman–Crippen MR) is 82.3 cm³/mol. The highest BCUT2D eigenvalue weighted by Crippen LogP contribution is 2.13. The van der Waals surface area contributed by atoms with E-state index in [1.54, 1.807) is 0 Å². The fourth-order valence-corrected chi connectivity index (χ4v) is 1.93. The Morgan fingerprint density at radius 1 is 0.762 bits per heavy atom. The van der Waals surface area contributed by atoms with Crippen molar-refractivity contribution in [3.05, 3.63) is 60.7 Å². The van der Waals surface area contributed by atoms with E-state index in [-0.39, 0.29) is 5.92 Å². The van der Waals surface area contributed by atoms with E-state index in [1.165, 1.54) is 0 Å². The quantitative estimate of drug-likeness (QED) is 0.704. The number of hydrogen-bond acceptors (Lipinski definition) is 3. The van der Waals surface area contributed by atoms with Gasteiger partial charge in [0.05, 0.1) is 13.2 Å². The van der Waals surface area contributed by atoms with Crippen LogP contribution < -0.4 is 9.47 Å². The fourth-order valence-electron chi connectivity index (χ4n) is 1.93. The summed E-state index contributed by atoms with van der Waals surface area (Å²) in [7, 11) is 0. The minimum atomic E-state index is -0.155. The van der Waals surface area contributed by atoms with Crippen molar-refractivity contribution < 1.29 is 14.3 Å². The molecule has 21 heavy (non-hydrogen) atoms. The second-order valence-corrected chi connectivity index (χ2v) is 4.72. The average molecular weight is 283 g/mol. The monoisotopic (exact) mass is 283 g/mol. The molecule has 0 spiro atoms. The molecule has 0 N–H and O–H groups in total. The number of para-hydroxylation sites is 2. The molecule has 2 rings (SSSR count). The number of carbonyl (C=O) groups excluding carboxylic acids is 1. The molecule has 0 unspecified atom stereocenters. The topological polar surface area (TPSA) is 35.5 Å². The first kappa shape index (κ1) is 15.1. The van der Waals surface area contributed by atoms with E-state index in [0.29, 0.717) is 26.1 Å². The van der Waals surface area contributed by atoms with Crippen LogP contribution in [0, 0.1) is 5.92 Å². The van der Waals surface area contributed by atoms with Crippen LogP contribution in [0.5, 0.6) is 11.5 Å². The molecule has 0 aromatic heterocycles. The summed E-state index contributed by atoms with van der Waals surface area (Å²) in [4.78, 5) is 11.0. The summed E-state index contributed by atoms with van der Waals surface area (Å²) in [6.45, 7) is 1.02. The van der Waals surface area contributed by atoms with Crippen LogP contribution in [0.2, 0.25) is 0 Å². The second kappa shape index (κ2) is 8.80. The van der Waals surface area contributed by atoms with Gasteiger partial charge < -0.3 is 9.47 Å². The molecular weight excluding hydrogens is 264 g/mol.